The second kappa shape index (κ2) is 6.76. The molecule has 1 aromatic heterocycles. The van der Waals surface area contributed by atoms with Crippen LogP contribution in [0.4, 0.5) is 0 Å². The molecule has 4 heteroatoms. The Morgan fingerprint density at radius 2 is 1.95 bits per heavy atom. The van der Waals surface area contributed by atoms with Crippen LogP contribution in [0.15, 0.2) is 41.8 Å². The first-order chi connectivity index (χ1) is 10.3. The van der Waals surface area contributed by atoms with Crippen molar-refractivity contribution < 1.29 is 9.53 Å². The van der Waals surface area contributed by atoms with Crippen LogP contribution < -0.4 is 10.1 Å². The molecule has 1 heterocycles. The Bertz CT molecular complexity index is 571. The summed E-state index contributed by atoms with van der Waals surface area (Å²) in [5.41, 5.74) is 0.672. The van der Waals surface area contributed by atoms with E-state index in [0.717, 1.165) is 23.5 Å². The lowest BCUT2D eigenvalue weighted by molar-refractivity contribution is 0.0951. The van der Waals surface area contributed by atoms with E-state index >= 15 is 0 Å². The molecule has 1 amide bonds. The van der Waals surface area contributed by atoms with Gasteiger partial charge in [-0.2, -0.15) is 0 Å². The van der Waals surface area contributed by atoms with E-state index in [-0.39, 0.29) is 5.91 Å². The first-order valence-electron chi connectivity index (χ1n) is 7.38. The molecule has 0 saturated heterocycles. The number of benzene rings is 1. The highest BCUT2D eigenvalue weighted by atomic mass is 32.1. The number of thiophene rings is 1. The van der Waals surface area contributed by atoms with Gasteiger partial charge in [0.15, 0.2) is 0 Å². The molecule has 21 heavy (non-hydrogen) atoms. The summed E-state index contributed by atoms with van der Waals surface area (Å²) in [7, 11) is 0. The van der Waals surface area contributed by atoms with Gasteiger partial charge in [0.25, 0.3) is 5.91 Å². The fourth-order valence-corrected chi connectivity index (χ4v) is 3.21. The molecule has 0 radical (unpaired) electrons. The van der Waals surface area contributed by atoms with Crippen molar-refractivity contribution in [3.63, 3.8) is 0 Å². The highest BCUT2D eigenvalue weighted by molar-refractivity contribution is 7.09. The van der Waals surface area contributed by atoms with Gasteiger partial charge >= 0.3 is 0 Å². The quantitative estimate of drug-likeness (QED) is 0.906. The third-order valence-electron chi connectivity index (χ3n) is 3.72. The van der Waals surface area contributed by atoms with Crippen LogP contribution in [0.3, 0.4) is 0 Å². The fraction of sp³-hybridized carbons (Fsp3) is 0.353. The Balaban J connectivity index is 1.54. The van der Waals surface area contributed by atoms with E-state index in [9.17, 15) is 4.79 Å². The molecule has 3 rings (SSSR count). The molecule has 1 aromatic carbocycles. The minimum Gasteiger partial charge on any atom is -0.490 e. The van der Waals surface area contributed by atoms with Crippen molar-refractivity contribution in [1.82, 2.24) is 5.32 Å². The number of rotatable bonds is 5. The summed E-state index contributed by atoms with van der Waals surface area (Å²) in [4.78, 5) is 13.2. The van der Waals surface area contributed by atoms with E-state index < -0.39 is 0 Å². The summed E-state index contributed by atoms with van der Waals surface area (Å²) < 4.78 is 5.90. The molecular formula is C17H19NO2S. The SMILES string of the molecule is O=C(NCc1cccs1)c1ccc(OC2CCCC2)cc1. The van der Waals surface area contributed by atoms with Crippen LogP contribution in [0.2, 0.25) is 0 Å². The van der Waals surface area contributed by atoms with Gasteiger partial charge in [-0.05, 0) is 61.4 Å². The van der Waals surface area contributed by atoms with E-state index in [1.54, 1.807) is 11.3 Å². The van der Waals surface area contributed by atoms with Gasteiger partial charge < -0.3 is 10.1 Å². The fourth-order valence-electron chi connectivity index (χ4n) is 2.57. The molecular weight excluding hydrogens is 282 g/mol. The summed E-state index contributed by atoms with van der Waals surface area (Å²) in [5, 5.41) is 4.94. The van der Waals surface area contributed by atoms with Crippen molar-refractivity contribution in [1.29, 1.82) is 0 Å². The van der Waals surface area contributed by atoms with E-state index in [1.165, 1.54) is 12.8 Å². The van der Waals surface area contributed by atoms with Crippen molar-refractivity contribution in [3.05, 3.63) is 52.2 Å². The minimum absolute atomic E-state index is 0.0455. The predicted octanol–water partition coefficient (Wildman–Crippen LogP) is 4.00. The highest BCUT2D eigenvalue weighted by Gasteiger charge is 2.16. The molecule has 3 nitrogen and oxygen atoms in total. The molecule has 0 aliphatic heterocycles. The molecule has 0 spiro atoms. The largest absolute Gasteiger partial charge is 0.490 e. The van der Waals surface area contributed by atoms with Crippen molar-refractivity contribution in [3.8, 4) is 5.75 Å². The molecule has 0 bridgehead atoms. The molecule has 0 unspecified atom stereocenters. The van der Waals surface area contributed by atoms with Crippen LogP contribution in [-0.2, 0) is 6.54 Å². The summed E-state index contributed by atoms with van der Waals surface area (Å²) >= 11 is 1.65. The second-order valence-corrected chi connectivity index (χ2v) is 6.34. The number of amides is 1. The summed E-state index contributed by atoms with van der Waals surface area (Å²) in [5.74, 6) is 0.813. The van der Waals surface area contributed by atoms with Gasteiger partial charge in [-0.25, -0.2) is 0 Å². The van der Waals surface area contributed by atoms with Crippen molar-refractivity contribution in [2.75, 3.05) is 0 Å². The Kier molecular flexibility index (Phi) is 4.55. The topological polar surface area (TPSA) is 38.3 Å². The maximum Gasteiger partial charge on any atom is 0.251 e. The van der Waals surface area contributed by atoms with Gasteiger partial charge in [0.05, 0.1) is 12.6 Å². The summed E-state index contributed by atoms with van der Waals surface area (Å²) in [6.45, 7) is 0.580. The lowest BCUT2D eigenvalue weighted by Crippen LogP contribution is -2.22. The third kappa shape index (κ3) is 3.85. The zero-order chi connectivity index (χ0) is 14.5. The monoisotopic (exact) mass is 301 g/mol. The number of hydrogen-bond acceptors (Lipinski definition) is 3. The Morgan fingerprint density at radius 1 is 1.19 bits per heavy atom. The lowest BCUT2D eigenvalue weighted by atomic mass is 10.2. The molecule has 1 saturated carbocycles. The second-order valence-electron chi connectivity index (χ2n) is 5.31. The standard InChI is InChI=1S/C17H19NO2S/c19-17(18-12-16-6-3-11-21-16)13-7-9-15(10-8-13)20-14-4-1-2-5-14/h3,6-11,14H,1-2,4-5,12H2,(H,18,19). The lowest BCUT2D eigenvalue weighted by Gasteiger charge is -2.13. The van der Waals surface area contributed by atoms with Crippen LogP contribution in [-0.4, -0.2) is 12.0 Å². The van der Waals surface area contributed by atoms with Crippen LogP contribution >= 0.6 is 11.3 Å². The first kappa shape index (κ1) is 14.1. The van der Waals surface area contributed by atoms with Crippen molar-refractivity contribution in [2.45, 2.75) is 38.3 Å². The number of ether oxygens (including phenoxy) is 1. The Hall–Kier alpha value is -1.81. The van der Waals surface area contributed by atoms with Crippen LogP contribution in [0.25, 0.3) is 0 Å². The number of hydrogen-bond donors (Lipinski definition) is 1. The minimum atomic E-state index is -0.0455. The van der Waals surface area contributed by atoms with Crippen molar-refractivity contribution >= 4 is 17.2 Å². The molecule has 1 N–H and O–H groups in total. The van der Waals surface area contributed by atoms with E-state index in [4.69, 9.17) is 4.74 Å². The zero-order valence-corrected chi connectivity index (χ0v) is 12.7. The smallest absolute Gasteiger partial charge is 0.251 e. The number of carbonyl (C=O) groups excluding carboxylic acids is 1. The molecule has 1 aliphatic carbocycles. The van der Waals surface area contributed by atoms with Crippen molar-refractivity contribution in [2.24, 2.45) is 0 Å². The van der Waals surface area contributed by atoms with E-state index in [2.05, 4.69) is 5.32 Å². The first-order valence-corrected chi connectivity index (χ1v) is 8.26. The van der Waals surface area contributed by atoms with Gasteiger partial charge in [-0.3, -0.25) is 4.79 Å². The highest BCUT2D eigenvalue weighted by Crippen LogP contribution is 2.24. The third-order valence-corrected chi connectivity index (χ3v) is 4.60. The molecule has 1 fully saturated rings. The van der Waals surface area contributed by atoms with Gasteiger partial charge in [0.2, 0.25) is 0 Å². The van der Waals surface area contributed by atoms with Gasteiger partial charge in [0, 0.05) is 10.4 Å². The average Bonchev–Trinajstić information content (AvgIpc) is 3.19. The summed E-state index contributed by atoms with van der Waals surface area (Å²) in [6.07, 6.45) is 5.15. The Morgan fingerprint density at radius 3 is 2.62 bits per heavy atom. The summed E-state index contributed by atoms with van der Waals surface area (Å²) in [6, 6.07) is 11.4. The van der Waals surface area contributed by atoms with E-state index in [0.29, 0.717) is 18.2 Å². The average molecular weight is 301 g/mol. The normalized spacial score (nSPS) is 15.0. The van der Waals surface area contributed by atoms with Crippen LogP contribution in [0.5, 0.6) is 5.75 Å². The molecule has 110 valence electrons. The van der Waals surface area contributed by atoms with E-state index in [1.807, 2.05) is 41.8 Å². The molecule has 0 atom stereocenters. The maximum absolute atomic E-state index is 12.0. The number of carbonyl (C=O) groups is 1. The molecule has 1 aliphatic rings. The Labute approximate surface area is 129 Å². The van der Waals surface area contributed by atoms with Crippen LogP contribution in [0.1, 0.15) is 40.9 Å². The predicted molar refractivity (Wildman–Crippen MR) is 84.8 cm³/mol. The zero-order valence-electron chi connectivity index (χ0n) is 11.9. The van der Waals surface area contributed by atoms with Gasteiger partial charge in [0.1, 0.15) is 5.75 Å². The van der Waals surface area contributed by atoms with Gasteiger partial charge in [-0.1, -0.05) is 6.07 Å². The number of nitrogens with one attached hydrogen (secondary N) is 1. The molecule has 2 aromatic rings. The maximum atomic E-state index is 12.0. The van der Waals surface area contributed by atoms with Gasteiger partial charge in [-0.15, -0.1) is 11.3 Å². The van der Waals surface area contributed by atoms with Crippen LogP contribution in [0, 0.1) is 0 Å².